The standard InChI is InChI=1S/C20H40N2/c1-2-3-4-5-6-7-8-9-10-11-12-13-14-15-16-20-19-21-17-18-22-20/h21H,2-19H2,1H3/p+1. The monoisotopic (exact) mass is 309 g/mol. The lowest BCUT2D eigenvalue weighted by molar-refractivity contribution is -0.461. The molecule has 0 unspecified atom stereocenters. The number of unbranched alkanes of at least 4 members (excludes halogenated alkanes) is 13. The van der Waals surface area contributed by atoms with Crippen molar-refractivity contribution in [3.63, 3.8) is 0 Å². The maximum atomic E-state index is 3.52. The van der Waals surface area contributed by atoms with Gasteiger partial charge in [-0.15, -0.1) is 0 Å². The van der Waals surface area contributed by atoms with Crippen molar-refractivity contribution in [3.05, 3.63) is 0 Å². The predicted octanol–water partition coefficient (Wildman–Crippen LogP) is 3.98. The molecule has 1 rings (SSSR count). The zero-order chi connectivity index (χ0) is 15.7. The van der Waals surface area contributed by atoms with Crippen LogP contribution in [0.15, 0.2) is 0 Å². The molecule has 0 atom stereocenters. The van der Waals surface area contributed by atoms with E-state index in [1.807, 2.05) is 0 Å². The Bertz CT molecular complexity index is 260. The smallest absolute Gasteiger partial charge is 0.164 e. The molecule has 130 valence electrons. The van der Waals surface area contributed by atoms with Crippen LogP contribution in [0.3, 0.4) is 0 Å². The lowest BCUT2D eigenvalue weighted by Gasteiger charge is -2.07. The first kappa shape index (κ1) is 19.7. The fourth-order valence-corrected chi connectivity index (χ4v) is 3.34. The molecule has 2 heteroatoms. The zero-order valence-corrected chi connectivity index (χ0v) is 15.2. The lowest BCUT2D eigenvalue weighted by Crippen LogP contribution is -2.79. The summed E-state index contributed by atoms with van der Waals surface area (Å²) in [6.07, 6.45) is 21.5. The van der Waals surface area contributed by atoms with Gasteiger partial charge in [0.05, 0.1) is 13.1 Å². The highest BCUT2D eigenvalue weighted by Gasteiger charge is 2.09. The van der Waals surface area contributed by atoms with Crippen LogP contribution in [0.4, 0.5) is 0 Å². The van der Waals surface area contributed by atoms with Gasteiger partial charge >= 0.3 is 0 Å². The van der Waals surface area contributed by atoms with Crippen molar-refractivity contribution in [3.8, 4) is 0 Å². The van der Waals surface area contributed by atoms with Crippen LogP contribution in [-0.2, 0) is 0 Å². The Hall–Kier alpha value is -0.370. The van der Waals surface area contributed by atoms with E-state index in [0.29, 0.717) is 0 Å². The highest BCUT2D eigenvalue weighted by Crippen LogP contribution is 2.13. The van der Waals surface area contributed by atoms with Crippen LogP contribution in [-0.4, -0.2) is 25.3 Å². The molecule has 0 aromatic heterocycles. The number of rotatable bonds is 15. The molecule has 0 radical (unpaired) electrons. The molecule has 0 aliphatic carbocycles. The maximum Gasteiger partial charge on any atom is 0.164 e. The minimum Gasteiger partial charge on any atom is -0.302 e. The van der Waals surface area contributed by atoms with Crippen LogP contribution >= 0.6 is 0 Å². The second-order valence-corrected chi connectivity index (χ2v) is 7.05. The van der Waals surface area contributed by atoms with E-state index in [9.17, 15) is 0 Å². The molecule has 0 saturated carbocycles. The fraction of sp³-hybridized carbons (Fsp3) is 0.950. The molecule has 1 aliphatic rings. The molecule has 0 bridgehead atoms. The molecular weight excluding hydrogens is 268 g/mol. The van der Waals surface area contributed by atoms with Gasteiger partial charge in [0.25, 0.3) is 0 Å². The van der Waals surface area contributed by atoms with E-state index in [2.05, 4.69) is 17.2 Å². The zero-order valence-electron chi connectivity index (χ0n) is 15.2. The maximum absolute atomic E-state index is 3.52. The molecule has 1 aliphatic heterocycles. The summed E-state index contributed by atoms with van der Waals surface area (Å²) < 4.78 is 0. The first-order chi connectivity index (χ1) is 10.9. The SMILES string of the molecule is CCCCCCCCCCCCCCCCC1=[NH+]CCNC1. The summed E-state index contributed by atoms with van der Waals surface area (Å²) in [6, 6.07) is 0. The number of hydrogen-bond donors (Lipinski definition) is 2. The van der Waals surface area contributed by atoms with Crippen LogP contribution in [0.1, 0.15) is 103 Å². The summed E-state index contributed by atoms with van der Waals surface area (Å²) in [7, 11) is 0. The number of hydrogen-bond acceptors (Lipinski definition) is 1. The molecule has 2 nitrogen and oxygen atoms in total. The van der Waals surface area contributed by atoms with E-state index in [-0.39, 0.29) is 0 Å². The summed E-state index contributed by atoms with van der Waals surface area (Å²) in [6.45, 7) is 5.64. The molecule has 0 spiro atoms. The molecule has 0 fully saturated rings. The molecule has 0 amide bonds. The molecule has 0 saturated heterocycles. The highest BCUT2D eigenvalue weighted by atomic mass is 15.0. The summed E-state index contributed by atoms with van der Waals surface area (Å²) in [5.74, 6) is 0. The molecule has 2 N–H and O–H groups in total. The molecule has 22 heavy (non-hydrogen) atoms. The first-order valence-electron chi connectivity index (χ1n) is 10.2. The van der Waals surface area contributed by atoms with Gasteiger partial charge in [-0.3, -0.25) is 0 Å². The van der Waals surface area contributed by atoms with Crippen molar-refractivity contribution in [1.82, 2.24) is 5.32 Å². The van der Waals surface area contributed by atoms with Crippen molar-refractivity contribution in [1.29, 1.82) is 0 Å². The average molecular weight is 310 g/mol. The molecule has 0 aromatic rings. The van der Waals surface area contributed by atoms with Crippen LogP contribution in [0, 0.1) is 0 Å². The van der Waals surface area contributed by atoms with E-state index in [1.54, 1.807) is 0 Å². The van der Waals surface area contributed by atoms with Crippen LogP contribution in [0.25, 0.3) is 0 Å². The van der Waals surface area contributed by atoms with Crippen molar-refractivity contribution in [2.24, 2.45) is 0 Å². The van der Waals surface area contributed by atoms with Gasteiger partial charge in [0, 0.05) is 6.42 Å². The Kier molecular flexibility index (Phi) is 13.9. The quantitative estimate of drug-likeness (QED) is 0.440. The Balaban J connectivity index is 1.70. The Morgan fingerprint density at radius 1 is 0.727 bits per heavy atom. The minimum atomic E-state index is 1.10. The Labute approximate surface area is 139 Å². The minimum absolute atomic E-state index is 1.10. The van der Waals surface area contributed by atoms with E-state index in [1.165, 1.54) is 102 Å². The Morgan fingerprint density at radius 2 is 1.23 bits per heavy atom. The van der Waals surface area contributed by atoms with E-state index < -0.39 is 0 Å². The third-order valence-electron chi connectivity index (χ3n) is 4.85. The largest absolute Gasteiger partial charge is 0.302 e. The number of nitrogens with one attached hydrogen (secondary N) is 2. The van der Waals surface area contributed by atoms with Gasteiger partial charge in [-0.1, -0.05) is 90.4 Å². The van der Waals surface area contributed by atoms with Gasteiger partial charge in [-0.2, -0.15) is 0 Å². The second kappa shape index (κ2) is 15.5. The van der Waals surface area contributed by atoms with Crippen LogP contribution < -0.4 is 10.3 Å². The van der Waals surface area contributed by atoms with Gasteiger partial charge in [-0.25, -0.2) is 4.99 Å². The van der Waals surface area contributed by atoms with Crippen molar-refractivity contribution in [2.75, 3.05) is 19.6 Å². The van der Waals surface area contributed by atoms with Gasteiger partial charge in [0.2, 0.25) is 0 Å². The topological polar surface area (TPSA) is 26.0 Å². The summed E-state index contributed by atoms with van der Waals surface area (Å²) in [4.78, 5) is 3.52. The third kappa shape index (κ3) is 12.2. The molecular formula is C20H41N2+. The molecule has 0 aromatic carbocycles. The van der Waals surface area contributed by atoms with Gasteiger partial charge < -0.3 is 5.32 Å². The highest BCUT2D eigenvalue weighted by molar-refractivity contribution is 5.81. The fourth-order valence-electron chi connectivity index (χ4n) is 3.34. The molecule has 1 heterocycles. The van der Waals surface area contributed by atoms with E-state index >= 15 is 0 Å². The normalized spacial score (nSPS) is 15.0. The average Bonchev–Trinajstić information content (AvgIpc) is 2.56. The van der Waals surface area contributed by atoms with Crippen molar-refractivity contribution in [2.45, 2.75) is 103 Å². The predicted molar refractivity (Wildman–Crippen MR) is 98.6 cm³/mol. The van der Waals surface area contributed by atoms with Gasteiger partial charge in [0.15, 0.2) is 12.3 Å². The second-order valence-electron chi connectivity index (χ2n) is 7.05. The summed E-state index contributed by atoms with van der Waals surface area (Å²) in [5, 5.41) is 3.43. The first-order valence-corrected chi connectivity index (χ1v) is 10.2. The van der Waals surface area contributed by atoms with Crippen molar-refractivity contribution >= 4 is 5.71 Å². The van der Waals surface area contributed by atoms with Crippen LogP contribution in [0.5, 0.6) is 0 Å². The summed E-state index contributed by atoms with van der Waals surface area (Å²) in [5.41, 5.74) is 1.53. The Morgan fingerprint density at radius 3 is 1.68 bits per heavy atom. The summed E-state index contributed by atoms with van der Waals surface area (Å²) >= 11 is 0. The van der Waals surface area contributed by atoms with Gasteiger partial charge in [0.1, 0.15) is 0 Å². The van der Waals surface area contributed by atoms with Crippen molar-refractivity contribution < 1.29 is 4.99 Å². The van der Waals surface area contributed by atoms with E-state index in [4.69, 9.17) is 0 Å². The van der Waals surface area contributed by atoms with Crippen LogP contribution in [0.2, 0.25) is 0 Å². The third-order valence-corrected chi connectivity index (χ3v) is 4.85. The van der Waals surface area contributed by atoms with E-state index in [0.717, 1.165) is 19.6 Å². The van der Waals surface area contributed by atoms with Gasteiger partial charge in [-0.05, 0) is 6.42 Å². The lowest BCUT2D eigenvalue weighted by atomic mass is 10.0.